The maximum Gasteiger partial charge on any atom is 0.257 e. The lowest BCUT2D eigenvalue weighted by molar-refractivity contribution is -0.133. The Morgan fingerprint density at radius 2 is 1.65 bits per heavy atom. The molecule has 2 fully saturated rings. The van der Waals surface area contributed by atoms with E-state index in [1.807, 2.05) is 21.9 Å². The molecule has 0 aromatic heterocycles. The topological polar surface area (TPSA) is 49.9 Å². The van der Waals surface area contributed by atoms with Gasteiger partial charge in [0.25, 0.3) is 5.91 Å². The monoisotopic (exact) mass is 358 g/mol. The van der Waals surface area contributed by atoms with Gasteiger partial charge in [0.05, 0.1) is 12.7 Å². The number of para-hydroxylation sites is 1. The third-order valence-corrected chi connectivity index (χ3v) is 5.75. The van der Waals surface area contributed by atoms with Gasteiger partial charge in [0.2, 0.25) is 5.91 Å². The average molecular weight is 358 g/mol. The number of rotatable bonds is 5. The summed E-state index contributed by atoms with van der Waals surface area (Å²) in [5, 5.41) is 0. The third kappa shape index (κ3) is 4.57. The number of benzene rings is 1. The van der Waals surface area contributed by atoms with Crippen LogP contribution in [-0.4, -0.2) is 54.9 Å². The molecule has 26 heavy (non-hydrogen) atoms. The summed E-state index contributed by atoms with van der Waals surface area (Å²) in [6.07, 6.45) is 8.26. The SMILES string of the molecule is COc1ccccc1C(=O)N1CCN(C(=O)CCC2CCCCC2)CC1. The average Bonchev–Trinajstić information content (AvgIpc) is 2.72. The van der Waals surface area contributed by atoms with Crippen LogP contribution in [-0.2, 0) is 4.79 Å². The lowest BCUT2D eigenvalue weighted by atomic mass is 9.86. The van der Waals surface area contributed by atoms with Crippen molar-refractivity contribution in [3.05, 3.63) is 29.8 Å². The fraction of sp³-hybridized carbons (Fsp3) is 0.619. The zero-order chi connectivity index (χ0) is 18.4. The molecule has 0 unspecified atom stereocenters. The zero-order valence-corrected chi connectivity index (χ0v) is 15.8. The van der Waals surface area contributed by atoms with E-state index >= 15 is 0 Å². The van der Waals surface area contributed by atoms with Crippen LogP contribution in [0.25, 0.3) is 0 Å². The fourth-order valence-corrected chi connectivity index (χ4v) is 4.11. The van der Waals surface area contributed by atoms with Crippen molar-refractivity contribution < 1.29 is 14.3 Å². The van der Waals surface area contributed by atoms with Crippen molar-refractivity contribution in [3.8, 4) is 5.75 Å². The molecule has 1 saturated carbocycles. The first-order valence-corrected chi connectivity index (χ1v) is 9.89. The molecular weight excluding hydrogens is 328 g/mol. The first-order chi connectivity index (χ1) is 12.7. The largest absolute Gasteiger partial charge is 0.496 e. The molecule has 1 aliphatic carbocycles. The molecule has 0 spiro atoms. The number of carbonyl (C=O) groups excluding carboxylic acids is 2. The van der Waals surface area contributed by atoms with Crippen molar-refractivity contribution in [2.75, 3.05) is 33.3 Å². The molecule has 1 aromatic rings. The predicted octanol–water partition coefficient (Wildman–Crippen LogP) is 3.34. The molecule has 1 heterocycles. The minimum absolute atomic E-state index is 0.0169. The molecule has 5 heteroatoms. The van der Waals surface area contributed by atoms with Crippen molar-refractivity contribution in [1.29, 1.82) is 0 Å². The molecule has 1 saturated heterocycles. The van der Waals surface area contributed by atoms with Gasteiger partial charge < -0.3 is 14.5 Å². The number of methoxy groups -OCH3 is 1. The molecule has 0 radical (unpaired) electrons. The minimum atomic E-state index is -0.0169. The second-order valence-corrected chi connectivity index (χ2v) is 7.42. The van der Waals surface area contributed by atoms with Gasteiger partial charge in [-0.1, -0.05) is 44.2 Å². The van der Waals surface area contributed by atoms with Gasteiger partial charge in [-0.3, -0.25) is 9.59 Å². The highest BCUT2D eigenvalue weighted by molar-refractivity contribution is 5.97. The molecule has 142 valence electrons. The van der Waals surface area contributed by atoms with Crippen molar-refractivity contribution in [1.82, 2.24) is 9.80 Å². The van der Waals surface area contributed by atoms with E-state index < -0.39 is 0 Å². The molecule has 0 atom stereocenters. The molecule has 2 amide bonds. The molecule has 0 bridgehead atoms. The number of ether oxygens (including phenoxy) is 1. The summed E-state index contributed by atoms with van der Waals surface area (Å²) in [4.78, 5) is 29.0. The van der Waals surface area contributed by atoms with Crippen LogP contribution in [0.3, 0.4) is 0 Å². The number of amides is 2. The van der Waals surface area contributed by atoms with Gasteiger partial charge in [-0.2, -0.15) is 0 Å². The first-order valence-electron chi connectivity index (χ1n) is 9.89. The summed E-state index contributed by atoms with van der Waals surface area (Å²) in [5.74, 6) is 1.57. The van der Waals surface area contributed by atoms with Gasteiger partial charge in [-0.05, 0) is 24.5 Å². The van der Waals surface area contributed by atoms with E-state index in [2.05, 4.69) is 0 Å². The first kappa shape index (κ1) is 18.7. The quantitative estimate of drug-likeness (QED) is 0.811. The summed E-state index contributed by atoms with van der Waals surface area (Å²) >= 11 is 0. The normalized spacial score (nSPS) is 18.7. The second-order valence-electron chi connectivity index (χ2n) is 7.42. The van der Waals surface area contributed by atoms with Gasteiger partial charge in [0.1, 0.15) is 5.75 Å². The Bertz CT molecular complexity index is 617. The molecule has 2 aliphatic rings. The third-order valence-electron chi connectivity index (χ3n) is 5.75. The highest BCUT2D eigenvalue weighted by Gasteiger charge is 2.26. The van der Waals surface area contributed by atoms with E-state index in [1.165, 1.54) is 32.1 Å². The van der Waals surface area contributed by atoms with E-state index in [0.717, 1.165) is 12.3 Å². The Morgan fingerprint density at radius 1 is 1.00 bits per heavy atom. The standard InChI is InChI=1S/C21H30N2O3/c1-26-19-10-6-5-9-18(19)21(25)23-15-13-22(14-16-23)20(24)12-11-17-7-3-2-4-8-17/h5-6,9-10,17H,2-4,7-8,11-16H2,1H3. The minimum Gasteiger partial charge on any atom is -0.496 e. The van der Waals surface area contributed by atoms with Crippen LogP contribution in [0.5, 0.6) is 5.75 Å². The number of nitrogens with zero attached hydrogens (tertiary/aromatic N) is 2. The Hall–Kier alpha value is -2.04. The highest BCUT2D eigenvalue weighted by atomic mass is 16.5. The fourth-order valence-electron chi connectivity index (χ4n) is 4.11. The van der Waals surface area contributed by atoms with Crippen molar-refractivity contribution in [2.24, 2.45) is 5.92 Å². The van der Waals surface area contributed by atoms with Gasteiger partial charge >= 0.3 is 0 Å². The van der Waals surface area contributed by atoms with E-state index in [9.17, 15) is 9.59 Å². The van der Waals surface area contributed by atoms with Crippen molar-refractivity contribution >= 4 is 11.8 Å². The van der Waals surface area contributed by atoms with Crippen LogP contribution >= 0.6 is 0 Å². The van der Waals surface area contributed by atoms with Crippen LogP contribution in [0.2, 0.25) is 0 Å². The van der Waals surface area contributed by atoms with E-state index in [4.69, 9.17) is 4.74 Å². The van der Waals surface area contributed by atoms with Crippen LogP contribution in [0.1, 0.15) is 55.3 Å². The number of piperazine rings is 1. The zero-order valence-electron chi connectivity index (χ0n) is 15.8. The van der Waals surface area contributed by atoms with Gasteiger partial charge in [0, 0.05) is 32.6 Å². The lowest BCUT2D eigenvalue weighted by Crippen LogP contribution is -2.50. The summed E-state index contributed by atoms with van der Waals surface area (Å²) < 4.78 is 5.29. The Kier molecular flexibility index (Phi) is 6.53. The van der Waals surface area contributed by atoms with Crippen molar-refractivity contribution in [3.63, 3.8) is 0 Å². The number of hydrogen-bond donors (Lipinski definition) is 0. The van der Waals surface area contributed by atoms with Gasteiger partial charge in [-0.15, -0.1) is 0 Å². The smallest absolute Gasteiger partial charge is 0.257 e. The maximum atomic E-state index is 12.7. The predicted molar refractivity (Wildman–Crippen MR) is 101 cm³/mol. The molecular formula is C21H30N2O3. The molecule has 0 N–H and O–H groups in total. The van der Waals surface area contributed by atoms with E-state index in [0.29, 0.717) is 43.9 Å². The molecule has 3 rings (SSSR count). The van der Waals surface area contributed by atoms with Crippen LogP contribution in [0.4, 0.5) is 0 Å². The summed E-state index contributed by atoms with van der Waals surface area (Å²) in [6, 6.07) is 7.31. The number of carbonyl (C=O) groups is 2. The summed E-state index contributed by atoms with van der Waals surface area (Å²) in [6.45, 7) is 2.44. The van der Waals surface area contributed by atoms with E-state index in [-0.39, 0.29) is 11.8 Å². The van der Waals surface area contributed by atoms with Gasteiger partial charge in [0.15, 0.2) is 0 Å². The second kappa shape index (κ2) is 9.06. The Labute approximate surface area is 156 Å². The number of hydrogen-bond acceptors (Lipinski definition) is 3. The lowest BCUT2D eigenvalue weighted by Gasteiger charge is -2.35. The van der Waals surface area contributed by atoms with Crippen LogP contribution in [0, 0.1) is 5.92 Å². The molecule has 5 nitrogen and oxygen atoms in total. The summed E-state index contributed by atoms with van der Waals surface area (Å²) in [7, 11) is 1.58. The van der Waals surface area contributed by atoms with Crippen LogP contribution < -0.4 is 4.74 Å². The summed E-state index contributed by atoms with van der Waals surface area (Å²) in [5.41, 5.74) is 0.590. The van der Waals surface area contributed by atoms with Gasteiger partial charge in [-0.25, -0.2) is 0 Å². The highest BCUT2D eigenvalue weighted by Crippen LogP contribution is 2.27. The molecule has 1 aromatic carbocycles. The van der Waals surface area contributed by atoms with E-state index in [1.54, 1.807) is 19.2 Å². The Morgan fingerprint density at radius 3 is 2.35 bits per heavy atom. The Balaban J connectivity index is 1.47. The maximum absolute atomic E-state index is 12.7. The van der Waals surface area contributed by atoms with Crippen molar-refractivity contribution in [2.45, 2.75) is 44.9 Å². The van der Waals surface area contributed by atoms with Crippen LogP contribution in [0.15, 0.2) is 24.3 Å². The molecule has 1 aliphatic heterocycles.